The highest BCUT2D eigenvalue weighted by Crippen LogP contribution is 2.59. The van der Waals surface area contributed by atoms with E-state index in [0.717, 1.165) is 50.5 Å². The van der Waals surface area contributed by atoms with Crippen LogP contribution in [-0.4, -0.2) is 27.9 Å². The number of nitrogens with zero attached hydrogens (tertiary/aromatic N) is 1. The number of carboxylic acids is 1. The molecule has 25 heavy (non-hydrogen) atoms. The molecule has 4 heteroatoms. The summed E-state index contributed by atoms with van der Waals surface area (Å²) in [6.07, 6.45) is 8.72. The lowest BCUT2D eigenvalue weighted by Gasteiger charge is -2.42. The quantitative estimate of drug-likeness (QED) is 0.898. The van der Waals surface area contributed by atoms with Gasteiger partial charge in [-0.2, -0.15) is 0 Å². The van der Waals surface area contributed by atoms with Crippen LogP contribution in [0.2, 0.25) is 0 Å². The summed E-state index contributed by atoms with van der Waals surface area (Å²) in [7, 11) is 0. The highest BCUT2D eigenvalue weighted by molar-refractivity contribution is 5.93. The van der Waals surface area contributed by atoms with E-state index in [9.17, 15) is 14.7 Å². The van der Waals surface area contributed by atoms with Gasteiger partial charge in [0, 0.05) is 6.04 Å². The number of hydrogen-bond acceptors (Lipinski definition) is 2. The van der Waals surface area contributed by atoms with Crippen molar-refractivity contribution in [2.45, 2.75) is 69.9 Å². The van der Waals surface area contributed by atoms with Gasteiger partial charge < -0.3 is 10.0 Å². The van der Waals surface area contributed by atoms with Crippen LogP contribution in [0.4, 0.5) is 0 Å². The molecule has 1 saturated heterocycles. The molecule has 3 aliphatic rings. The van der Waals surface area contributed by atoms with E-state index in [2.05, 4.69) is 0 Å². The number of benzene rings is 1. The first-order valence-corrected chi connectivity index (χ1v) is 9.77. The van der Waals surface area contributed by atoms with Crippen molar-refractivity contribution < 1.29 is 14.7 Å². The van der Waals surface area contributed by atoms with Crippen LogP contribution >= 0.6 is 0 Å². The zero-order valence-corrected chi connectivity index (χ0v) is 14.7. The zero-order valence-electron chi connectivity index (χ0n) is 14.7. The van der Waals surface area contributed by atoms with Gasteiger partial charge in [0.05, 0.1) is 12.0 Å². The summed E-state index contributed by atoms with van der Waals surface area (Å²) >= 11 is 0. The van der Waals surface area contributed by atoms with Crippen LogP contribution in [0.15, 0.2) is 30.3 Å². The highest BCUT2D eigenvalue weighted by Gasteiger charge is 2.65. The first kappa shape index (κ1) is 16.6. The van der Waals surface area contributed by atoms with Gasteiger partial charge in [-0.15, -0.1) is 0 Å². The van der Waals surface area contributed by atoms with Crippen molar-refractivity contribution in [3.05, 3.63) is 35.9 Å². The minimum absolute atomic E-state index is 0.0999. The van der Waals surface area contributed by atoms with Crippen molar-refractivity contribution in [1.82, 2.24) is 4.90 Å². The van der Waals surface area contributed by atoms with Gasteiger partial charge in [0.2, 0.25) is 5.91 Å². The number of hydrogen-bond donors (Lipinski definition) is 1. The largest absolute Gasteiger partial charge is 0.481 e. The molecule has 2 saturated carbocycles. The van der Waals surface area contributed by atoms with Crippen molar-refractivity contribution in [2.75, 3.05) is 0 Å². The second-order valence-corrected chi connectivity index (χ2v) is 7.99. The van der Waals surface area contributed by atoms with Crippen molar-refractivity contribution >= 4 is 11.9 Å². The fraction of sp³-hybridized carbons (Fsp3) is 0.619. The second-order valence-electron chi connectivity index (χ2n) is 7.99. The van der Waals surface area contributed by atoms with Gasteiger partial charge in [-0.25, -0.2) is 0 Å². The van der Waals surface area contributed by atoms with Crippen LogP contribution in [0.1, 0.15) is 69.4 Å². The molecule has 1 amide bonds. The van der Waals surface area contributed by atoms with E-state index in [4.69, 9.17) is 0 Å². The number of rotatable bonds is 3. The van der Waals surface area contributed by atoms with Gasteiger partial charge in [0.1, 0.15) is 5.41 Å². The normalized spacial score (nSPS) is 33.3. The van der Waals surface area contributed by atoms with Crippen LogP contribution in [-0.2, 0) is 9.59 Å². The maximum atomic E-state index is 13.4. The molecule has 4 rings (SSSR count). The maximum absolute atomic E-state index is 13.4. The van der Waals surface area contributed by atoms with Gasteiger partial charge in [0.25, 0.3) is 0 Å². The van der Waals surface area contributed by atoms with Crippen LogP contribution in [0, 0.1) is 11.3 Å². The molecule has 4 nitrogen and oxygen atoms in total. The van der Waals surface area contributed by atoms with Gasteiger partial charge >= 0.3 is 5.97 Å². The molecule has 0 spiro atoms. The summed E-state index contributed by atoms with van der Waals surface area (Å²) in [4.78, 5) is 27.9. The fourth-order valence-electron chi connectivity index (χ4n) is 5.64. The minimum Gasteiger partial charge on any atom is -0.481 e. The maximum Gasteiger partial charge on any atom is 0.312 e. The Morgan fingerprint density at radius 2 is 1.68 bits per heavy atom. The van der Waals surface area contributed by atoms with Crippen LogP contribution in [0.3, 0.4) is 0 Å². The average molecular weight is 341 g/mol. The van der Waals surface area contributed by atoms with E-state index in [0.29, 0.717) is 6.42 Å². The predicted octanol–water partition coefficient (Wildman–Crippen LogP) is 4.16. The Kier molecular flexibility index (Phi) is 4.30. The average Bonchev–Trinajstić information content (AvgIpc) is 2.94. The first-order chi connectivity index (χ1) is 12.2. The predicted molar refractivity (Wildman–Crippen MR) is 94.9 cm³/mol. The fourth-order valence-corrected chi connectivity index (χ4v) is 5.64. The lowest BCUT2D eigenvalue weighted by Crippen LogP contribution is -2.45. The number of likely N-dealkylation sites (tertiary alicyclic amines) is 1. The molecule has 1 aliphatic heterocycles. The molecule has 0 bridgehead atoms. The van der Waals surface area contributed by atoms with Crippen molar-refractivity contribution in [3.63, 3.8) is 0 Å². The number of carboxylic acid groups (broad SMARTS) is 1. The van der Waals surface area contributed by atoms with Gasteiger partial charge in [-0.3, -0.25) is 9.59 Å². The van der Waals surface area contributed by atoms with E-state index in [-0.39, 0.29) is 23.9 Å². The summed E-state index contributed by atoms with van der Waals surface area (Å²) in [5.41, 5.74) is 0.0435. The molecule has 1 heterocycles. The number of carbonyl (C=O) groups excluding carboxylic acids is 1. The Hall–Kier alpha value is -1.84. The molecule has 3 fully saturated rings. The molecule has 1 aromatic rings. The van der Waals surface area contributed by atoms with Crippen LogP contribution in [0.5, 0.6) is 0 Å². The highest BCUT2D eigenvalue weighted by atomic mass is 16.4. The molecule has 134 valence electrons. The molecular formula is C21H27NO3. The number of fused-ring (bicyclic) bond motifs is 1. The smallest absolute Gasteiger partial charge is 0.312 e. The van der Waals surface area contributed by atoms with Crippen LogP contribution < -0.4 is 0 Å². The van der Waals surface area contributed by atoms with Gasteiger partial charge in [-0.1, -0.05) is 62.4 Å². The molecule has 2 aliphatic carbocycles. The third-order valence-corrected chi connectivity index (χ3v) is 6.76. The summed E-state index contributed by atoms with van der Waals surface area (Å²) in [6.45, 7) is 0. The van der Waals surface area contributed by atoms with Gasteiger partial charge in [0.15, 0.2) is 0 Å². The molecular weight excluding hydrogens is 314 g/mol. The van der Waals surface area contributed by atoms with E-state index in [1.165, 1.54) is 6.42 Å². The van der Waals surface area contributed by atoms with Crippen LogP contribution in [0.25, 0.3) is 0 Å². The van der Waals surface area contributed by atoms with E-state index >= 15 is 0 Å². The monoisotopic (exact) mass is 341 g/mol. The number of aliphatic carboxylic acids is 1. The summed E-state index contributed by atoms with van der Waals surface area (Å²) in [5, 5.41) is 10.3. The zero-order chi connectivity index (χ0) is 17.4. The minimum atomic E-state index is -0.950. The number of carbonyl (C=O) groups is 2. The Labute approximate surface area is 149 Å². The SMILES string of the molecule is O=C1C2CCCCC2(C(=O)O)C(c2ccccc2)N1C1CCCCC1. The Morgan fingerprint density at radius 3 is 2.36 bits per heavy atom. The third kappa shape index (κ3) is 2.49. The Morgan fingerprint density at radius 1 is 1.00 bits per heavy atom. The molecule has 0 radical (unpaired) electrons. The third-order valence-electron chi connectivity index (χ3n) is 6.76. The number of amides is 1. The lowest BCUT2D eigenvalue weighted by molar-refractivity contribution is -0.156. The van der Waals surface area contributed by atoms with E-state index < -0.39 is 11.4 Å². The Balaban J connectivity index is 1.84. The van der Waals surface area contributed by atoms with Crippen molar-refractivity contribution in [3.8, 4) is 0 Å². The Bertz CT molecular complexity index is 652. The summed E-state index contributed by atoms with van der Waals surface area (Å²) < 4.78 is 0. The molecule has 0 aromatic heterocycles. The first-order valence-electron chi connectivity index (χ1n) is 9.77. The second kappa shape index (κ2) is 6.47. The molecule has 3 atom stereocenters. The summed E-state index contributed by atoms with van der Waals surface area (Å²) in [6, 6.07) is 9.79. The molecule has 1 aromatic carbocycles. The van der Waals surface area contributed by atoms with Crippen molar-refractivity contribution in [2.24, 2.45) is 11.3 Å². The lowest BCUT2D eigenvalue weighted by atomic mass is 9.63. The summed E-state index contributed by atoms with van der Waals surface area (Å²) in [5.74, 6) is -1.04. The van der Waals surface area contributed by atoms with Gasteiger partial charge in [-0.05, 0) is 31.2 Å². The van der Waals surface area contributed by atoms with E-state index in [1.807, 2.05) is 35.2 Å². The molecule has 3 unspecified atom stereocenters. The van der Waals surface area contributed by atoms with Crippen molar-refractivity contribution in [1.29, 1.82) is 0 Å². The standard InChI is InChI=1S/C21H27NO3/c23-19-17-13-7-8-14-21(17,20(24)25)18(15-9-3-1-4-10-15)22(19)16-11-5-2-6-12-16/h1,3-4,9-10,16-18H,2,5-8,11-14H2,(H,24,25). The topological polar surface area (TPSA) is 57.6 Å². The molecule has 1 N–H and O–H groups in total. The van der Waals surface area contributed by atoms with E-state index in [1.54, 1.807) is 0 Å².